The minimum absolute atomic E-state index is 0.203. The van der Waals surface area contributed by atoms with Gasteiger partial charge in [-0.2, -0.15) is 4.98 Å². The highest BCUT2D eigenvalue weighted by Crippen LogP contribution is 2.42. The van der Waals surface area contributed by atoms with Crippen molar-refractivity contribution in [3.63, 3.8) is 0 Å². The molecule has 1 aromatic heterocycles. The minimum atomic E-state index is -0.331. The maximum absolute atomic E-state index is 13.7. The van der Waals surface area contributed by atoms with Gasteiger partial charge < -0.3 is 9.42 Å². The van der Waals surface area contributed by atoms with E-state index in [2.05, 4.69) is 29.0 Å². The second-order valence-electron chi connectivity index (χ2n) is 8.23. The van der Waals surface area contributed by atoms with Crippen LogP contribution in [0.15, 0.2) is 45.1 Å². The first kappa shape index (κ1) is 19.2. The smallest absolute Gasteiger partial charge is 0.260 e. The monoisotopic (exact) mass is 394 g/mol. The third-order valence-electron chi connectivity index (χ3n) is 5.50. The van der Waals surface area contributed by atoms with Crippen LogP contribution in [0.2, 0.25) is 0 Å². The number of hydrogen-bond donors (Lipinski definition) is 0. The summed E-state index contributed by atoms with van der Waals surface area (Å²) >= 11 is 0. The van der Waals surface area contributed by atoms with Crippen LogP contribution in [-0.4, -0.2) is 39.7 Å². The molecule has 29 heavy (non-hydrogen) atoms. The van der Waals surface area contributed by atoms with Gasteiger partial charge in [-0.25, -0.2) is 4.39 Å². The number of carbonyl (C=O) groups excluding carboxylic acids is 1. The van der Waals surface area contributed by atoms with Crippen LogP contribution in [0, 0.1) is 25.1 Å². The number of amides is 1. The molecule has 0 unspecified atom stereocenters. The number of aryl methyl sites for hydroxylation is 2. The fourth-order valence-electron chi connectivity index (χ4n) is 3.91. The lowest BCUT2D eigenvalue weighted by Gasteiger charge is -2.30. The topological polar surface area (TPSA) is 71.6 Å². The van der Waals surface area contributed by atoms with Gasteiger partial charge in [-0.1, -0.05) is 19.0 Å². The molecule has 150 valence electrons. The molecule has 2 aromatic rings. The molecular formula is C22H23FN4O2. The SMILES string of the molecule is CC1=NCC2=C1C(c1nc(C)no1)=CN(C(=O)c1ccc(F)c(C)c1)CC2(C)C. The summed E-state index contributed by atoms with van der Waals surface area (Å²) in [6.07, 6.45) is 1.77. The van der Waals surface area contributed by atoms with Gasteiger partial charge in [0.2, 0.25) is 0 Å². The Kier molecular flexibility index (Phi) is 4.48. The van der Waals surface area contributed by atoms with Crippen molar-refractivity contribution in [1.29, 1.82) is 0 Å². The first-order valence-electron chi connectivity index (χ1n) is 9.52. The Balaban J connectivity index is 1.85. The first-order valence-corrected chi connectivity index (χ1v) is 9.52. The molecule has 0 radical (unpaired) electrons. The van der Waals surface area contributed by atoms with Gasteiger partial charge in [-0.3, -0.25) is 9.79 Å². The average molecular weight is 394 g/mol. The summed E-state index contributed by atoms with van der Waals surface area (Å²) in [7, 11) is 0. The van der Waals surface area contributed by atoms with E-state index in [4.69, 9.17) is 4.52 Å². The Morgan fingerprint density at radius 3 is 2.66 bits per heavy atom. The zero-order valence-corrected chi connectivity index (χ0v) is 17.2. The summed E-state index contributed by atoms with van der Waals surface area (Å²) in [5, 5.41) is 3.91. The van der Waals surface area contributed by atoms with E-state index >= 15 is 0 Å². The van der Waals surface area contributed by atoms with Gasteiger partial charge in [-0.15, -0.1) is 0 Å². The van der Waals surface area contributed by atoms with Crippen LogP contribution in [0.25, 0.3) is 5.57 Å². The van der Waals surface area contributed by atoms with Gasteiger partial charge in [0.05, 0.1) is 12.1 Å². The summed E-state index contributed by atoms with van der Waals surface area (Å²) < 4.78 is 19.1. The van der Waals surface area contributed by atoms with Crippen LogP contribution < -0.4 is 0 Å². The lowest BCUT2D eigenvalue weighted by molar-refractivity contribution is 0.0788. The molecule has 0 bridgehead atoms. The second-order valence-corrected chi connectivity index (χ2v) is 8.23. The molecule has 3 heterocycles. The standard InChI is InChI=1S/C22H23FN4O2/c1-12-8-15(6-7-18(12)23)21(28)27-10-16(20-25-14(3)26-29-20)19-13(2)24-9-17(19)22(4,5)11-27/h6-8,10H,9,11H2,1-5H3. The predicted molar refractivity (Wildman–Crippen MR) is 108 cm³/mol. The van der Waals surface area contributed by atoms with Crippen molar-refractivity contribution < 1.29 is 13.7 Å². The summed E-state index contributed by atoms with van der Waals surface area (Å²) in [5.41, 5.74) is 4.25. The van der Waals surface area contributed by atoms with Gasteiger partial charge in [0.1, 0.15) is 5.82 Å². The summed E-state index contributed by atoms with van der Waals surface area (Å²) in [6.45, 7) is 10.6. The van der Waals surface area contributed by atoms with Crippen LogP contribution in [0.1, 0.15) is 48.4 Å². The number of hydrogen-bond acceptors (Lipinski definition) is 5. The lowest BCUT2D eigenvalue weighted by Crippen LogP contribution is -2.36. The molecule has 2 aliphatic heterocycles. The molecule has 0 spiro atoms. The molecule has 6 nitrogen and oxygen atoms in total. The molecule has 1 amide bonds. The van der Waals surface area contributed by atoms with Gasteiger partial charge >= 0.3 is 0 Å². The second kappa shape index (κ2) is 6.76. The molecule has 7 heteroatoms. The molecule has 0 N–H and O–H groups in total. The van der Waals surface area contributed by atoms with Crippen molar-refractivity contribution in [3.8, 4) is 0 Å². The first-order chi connectivity index (χ1) is 13.7. The molecule has 0 saturated carbocycles. The van der Waals surface area contributed by atoms with E-state index in [-0.39, 0.29) is 17.1 Å². The molecular weight excluding hydrogens is 371 g/mol. The van der Waals surface area contributed by atoms with Crippen LogP contribution in [0.4, 0.5) is 4.39 Å². The Morgan fingerprint density at radius 2 is 2.00 bits per heavy atom. The van der Waals surface area contributed by atoms with Crippen LogP contribution in [0.5, 0.6) is 0 Å². The highest BCUT2D eigenvalue weighted by molar-refractivity contribution is 6.14. The number of allylic oxidation sites excluding steroid dienone is 2. The van der Waals surface area contributed by atoms with Crippen LogP contribution >= 0.6 is 0 Å². The van der Waals surface area contributed by atoms with Crippen LogP contribution in [-0.2, 0) is 0 Å². The normalized spacial score (nSPS) is 18.3. The predicted octanol–water partition coefficient (Wildman–Crippen LogP) is 4.12. The highest BCUT2D eigenvalue weighted by atomic mass is 19.1. The van der Waals surface area contributed by atoms with Crippen LogP contribution in [0.3, 0.4) is 0 Å². The van der Waals surface area contributed by atoms with E-state index in [1.54, 1.807) is 31.0 Å². The average Bonchev–Trinajstić information content (AvgIpc) is 3.23. The van der Waals surface area contributed by atoms with Gasteiger partial charge in [0, 0.05) is 35.0 Å². The summed E-state index contributed by atoms with van der Waals surface area (Å²) in [4.78, 5) is 24.0. The number of halogens is 1. The van der Waals surface area contributed by atoms with Crippen molar-refractivity contribution >= 4 is 17.2 Å². The Labute approximate surface area is 168 Å². The highest BCUT2D eigenvalue weighted by Gasteiger charge is 2.38. The van der Waals surface area contributed by atoms with Crippen molar-refractivity contribution in [3.05, 3.63) is 64.2 Å². The van der Waals surface area contributed by atoms with E-state index in [0.717, 1.165) is 16.9 Å². The quantitative estimate of drug-likeness (QED) is 0.768. The van der Waals surface area contributed by atoms with Crippen molar-refractivity contribution in [1.82, 2.24) is 15.0 Å². The minimum Gasteiger partial charge on any atom is -0.334 e. The van der Waals surface area contributed by atoms with E-state index in [1.807, 2.05) is 6.92 Å². The number of benzene rings is 1. The van der Waals surface area contributed by atoms with Crippen molar-refractivity contribution in [2.45, 2.75) is 34.6 Å². The molecule has 0 atom stereocenters. The van der Waals surface area contributed by atoms with E-state index in [0.29, 0.717) is 41.5 Å². The third-order valence-corrected chi connectivity index (χ3v) is 5.50. The van der Waals surface area contributed by atoms with Gasteiger partial charge in [0.25, 0.3) is 11.8 Å². The number of nitrogens with zero attached hydrogens (tertiary/aromatic N) is 4. The fourth-order valence-corrected chi connectivity index (χ4v) is 3.91. The molecule has 1 aromatic carbocycles. The van der Waals surface area contributed by atoms with Crippen molar-refractivity contribution in [2.75, 3.05) is 13.1 Å². The maximum atomic E-state index is 13.7. The molecule has 2 aliphatic rings. The van der Waals surface area contributed by atoms with E-state index in [9.17, 15) is 9.18 Å². The van der Waals surface area contributed by atoms with Crippen molar-refractivity contribution in [2.24, 2.45) is 10.4 Å². The zero-order valence-electron chi connectivity index (χ0n) is 17.2. The molecule has 4 rings (SSSR count). The zero-order chi connectivity index (χ0) is 20.9. The Bertz CT molecular complexity index is 1110. The Morgan fingerprint density at radius 1 is 1.24 bits per heavy atom. The summed E-state index contributed by atoms with van der Waals surface area (Å²) in [5.74, 6) is 0.344. The third kappa shape index (κ3) is 3.30. The van der Waals surface area contributed by atoms with Gasteiger partial charge in [-0.05, 0) is 50.1 Å². The fraction of sp³-hybridized carbons (Fsp3) is 0.364. The largest absolute Gasteiger partial charge is 0.334 e. The number of aliphatic imine (C=N–C) groups is 1. The van der Waals surface area contributed by atoms with E-state index in [1.165, 1.54) is 12.1 Å². The Hall–Kier alpha value is -3.09. The number of rotatable bonds is 2. The maximum Gasteiger partial charge on any atom is 0.260 e. The molecule has 0 fully saturated rings. The molecule has 0 aliphatic carbocycles. The molecule has 0 saturated heterocycles. The number of aromatic nitrogens is 2. The summed E-state index contributed by atoms with van der Waals surface area (Å²) in [6, 6.07) is 4.42. The van der Waals surface area contributed by atoms with E-state index < -0.39 is 0 Å². The number of carbonyl (C=O) groups is 1. The lowest BCUT2D eigenvalue weighted by atomic mass is 9.80. The van der Waals surface area contributed by atoms with Gasteiger partial charge in [0.15, 0.2) is 5.82 Å².